The highest BCUT2D eigenvalue weighted by atomic mass is 19.1. The fraction of sp³-hybridized carbons (Fsp3) is 0.0667. The van der Waals surface area contributed by atoms with Gasteiger partial charge in [0.2, 0.25) is 5.95 Å². The molecule has 3 rings (SSSR count). The van der Waals surface area contributed by atoms with Gasteiger partial charge < -0.3 is 5.73 Å². The Kier molecular flexibility index (Phi) is 2.65. The van der Waals surface area contributed by atoms with E-state index in [0.717, 1.165) is 16.6 Å². The molecule has 0 aliphatic carbocycles. The fourth-order valence-corrected chi connectivity index (χ4v) is 2.27. The van der Waals surface area contributed by atoms with Crippen molar-refractivity contribution in [1.82, 2.24) is 9.55 Å². The number of anilines is 1. The van der Waals surface area contributed by atoms with Crippen LogP contribution in [0.2, 0.25) is 0 Å². The predicted octanol–water partition coefficient (Wildman–Crippen LogP) is 2.93. The van der Waals surface area contributed by atoms with E-state index in [4.69, 9.17) is 11.0 Å². The number of nitrogens with zero attached hydrogens (tertiary/aromatic N) is 3. The summed E-state index contributed by atoms with van der Waals surface area (Å²) in [6.45, 7) is 1.96. The minimum absolute atomic E-state index is 0.0425. The first-order valence-corrected chi connectivity index (χ1v) is 6.05. The molecule has 4 nitrogen and oxygen atoms in total. The zero-order valence-corrected chi connectivity index (χ0v) is 10.8. The van der Waals surface area contributed by atoms with Crippen LogP contribution in [0.5, 0.6) is 0 Å². The number of nitriles is 1. The molecule has 1 aromatic heterocycles. The SMILES string of the molecule is Cc1ccc2c(c1)nc(N)n2-c1cccc(F)c1C#N. The molecule has 0 fully saturated rings. The summed E-state index contributed by atoms with van der Waals surface area (Å²) in [5.74, 6) is -0.342. The summed E-state index contributed by atoms with van der Waals surface area (Å²) < 4.78 is 15.3. The standard InChI is InChI=1S/C15H11FN4/c1-9-5-6-14-12(7-9)19-15(18)20(14)13-4-2-3-11(16)10(13)8-17/h2-7H,1H3,(H2,18,19). The topological polar surface area (TPSA) is 67.6 Å². The first-order chi connectivity index (χ1) is 9.61. The van der Waals surface area contributed by atoms with Crippen molar-refractivity contribution in [1.29, 1.82) is 5.26 Å². The van der Waals surface area contributed by atoms with E-state index in [9.17, 15) is 4.39 Å². The van der Waals surface area contributed by atoms with E-state index in [1.54, 1.807) is 16.7 Å². The smallest absolute Gasteiger partial charge is 0.205 e. The summed E-state index contributed by atoms with van der Waals surface area (Å²) in [4.78, 5) is 4.26. The second-order valence-corrected chi connectivity index (χ2v) is 4.54. The maximum atomic E-state index is 13.7. The Morgan fingerprint density at radius 2 is 2.10 bits per heavy atom. The third kappa shape index (κ3) is 1.70. The molecule has 0 radical (unpaired) electrons. The van der Waals surface area contributed by atoms with Gasteiger partial charge in [0.25, 0.3) is 0 Å². The van der Waals surface area contributed by atoms with Crippen molar-refractivity contribution >= 4 is 17.0 Å². The van der Waals surface area contributed by atoms with Crippen molar-refractivity contribution in [2.24, 2.45) is 0 Å². The molecular formula is C15H11FN4. The molecular weight excluding hydrogens is 255 g/mol. The van der Waals surface area contributed by atoms with Crippen LogP contribution in [0.4, 0.5) is 10.3 Å². The fourth-order valence-electron chi connectivity index (χ4n) is 2.27. The van der Waals surface area contributed by atoms with Gasteiger partial charge in [-0.15, -0.1) is 0 Å². The van der Waals surface area contributed by atoms with Crippen LogP contribution < -0.4 is 5.73 Å². The average Bonchev–Trinajstić information content (AvgIpc) is 2.73. The third-order valence-electron chi connectivity index (χ3n) is 3.18. The molecule has 2 N–H and O–H groups in total. The van der Waals surface area contributed by atoms with Crippen molar-refractivity contribution < 1.29 is 4.39 Å². The maximum absolute atomic E-state index is 13.7. The van der Waals surface area contributed by atoms with E-state index in [1.165, 1.54) is 6.07 Å². The van der Waals surface area contributed by atoms with E-state index in [0.29, 0.717) is 5.69 Å². The second-order valence-electron chi connectivity index (χ2n) is 4.54. The molecule has 0 bridgehead atoms. The molecule has 3 aromatic rings. The van der Waals surface area contributed by atoms with E-state index in [2.05, 4.69) is 4.98 Å². The van der Waals surface area contributed by atoms with Gasteiger partial charge >= 0.3 is 0 Å². The van der Waals surface area contributed by atoms with Crippen LogP contribution >= 0.6 is 0 Å². The largest absolute Gasteiger partial charge is 0.369 e. The van der Waals surface area contributed by atoms with Crippen LogP contribution in [0.15, 0.2) is 36.4 Å². The normalized spacial score (nSPS) is 10.7. The Bertz CT molecular complexity index is 858. The number of aromatic nitrogens is 2. The molecule has 0 saturated heterocycles. The Morgan fingerprint density at radius 3 is 2.85 bits per heavy atom. The Balaban J connectivity index is 2.39. The zero-order valence-electron chi connectivity index (χ0n) is 10.8. The molecule has 5 heteroatoms. The zero-order chi connectivity index (χ0) is 14.3. The highest BCUT2D eigenvalue weighted by Crippen LogP contribution is 2.26. The maximum Gasteiger partial charge on any atom is 0.205 e. The molecule has 0 atom stereocenters. The van der Waals surface area contributed by atoms with Gasteiger partial charge in [0.1, 0.15) is 17.4 Å². The summed E-state index contributed by atoms with van der Waals surface area (Å²) in [6.07, 6.45) is 0. The Labute approximate surface area is 114 Å². The lowest BCUT2D eigenvalue weighted by Gasteiger charge is -2.09. The van der Waals surface area contributed by atoms with Gasteiger partial charge in [-0.3, -0.25) is 4.57 Å². The highest BCUT2D eigenvalue weighted by Gasteiger charge is 2.15. The van der Waals surface area contributed by atoms with Crippen LogP contribution in [0.1, 0.15) is 11.1 Å². The number of rotatable bonds is 1. The number of benzene rings is 2. The lowest BCUT2D eigenvalue weighted by atomic mass is 10.1. The van der Waals surface area contributed by atoms with Gasteiger partial charge in [-0.25, -0.2) is 9.37 Å². The lowest BCUT2D eigenvalue weighted by molar-refractivity contribution is 0.623. The van der Waals surface area contributed by atoms with Gasteiger partial charge in [-0.1, -0.05) is 12.1 Å². The number of hydrogen-bond acceptors (Lipinski definition) is 3. The summed E-state index contributed by atoms with van der Waals surface area (Å²) in [7, 11) is 0. The van der Waals surface area contributed by atoms with Gasteiger partial charge in [0, 0.05) is 0 Å². The van der Waals surface area contributed by atoms with Crippen LogP contribution in [0.25, 0.3) is 16.7 Å². The van der Waals surface area contributed by atoms with Crippen LogP contribution in [-0.4, -0.2) is 9.55 Å². The van der Waals surface area contributed by atoms with Gasteiger partial charge in [0.15, 0.2) is 0 Å². The van der Waals surface area contributed by atoms with E-state index in [-0.39, 0.29) is 11.5 Å². The number of nitrogens with two attached hydrogens (primary N) is 1. The predicted molar refractivity (Wildman–Crippen MR) is 74.9 cm³/mol. The van der Waals surface area contributed by atoms with Crippen molar-refractivity contribution in [2.45, 2.75) is 6.92 Å². The van der Waals surface area contributed by atoms with E-state index >= 15 is 0 Å². The van der Waals surface area contributed by atoms with Crippen molar-refractivity contribution in [3.63, 3.8) is 0 Å². The molecule has 2 aromatic carbocycles. The van der Waals surface area contributed by atoms with Gasteiger partial charge in [0.05, 0.1) is 16.7 Å². The molecule has 1 heterocycles. The lowest BCUT2D eigenvalue weighted by Crippen LogP contribution is -2.04. The van der Waals surface area contributed by atoms with E-state index in [1.807, 2.05) is 31.2 Å². The highest BCUT2D eigenvalue weighted by molar-refractivity contribution is 5.82. The summed E-state index contributed by atoms with van der Waals surface area (Å²) >= 11 is 0. The molecule has 98 valence electrons. The van der Waals surface area contributed by atoms with Crippen molar-refractivity contribution in [3.05, 3.63) is 53.3 Å². The molecule has 0 aliphatic heterocycles. The van der Waals surface area contributed by atoms with E-state index < -0.39 is 5.82 Å². The van der Waals surface area contributed by atoms with Crippen LogP contribution in [-0.2, 0) is 0 Å². The molecule has 0 aliphatic rings. The quantitative estimate of drug-likeness (QED) is 0.736. The average molecular weight is 266 g/mol. The molecule has 0 saturated carbocycles. The summed E-state index contributed by atoms with van der Waals surface area (Å²) in [5.41, 5.74) is 8.81. The first kappa shape index (κ1) is 12.2. The number of halogens is 1. The van der Waals surface area contributed by atoms with Gasteiger partial charge in [-0.2, -0.15) is 5.26 Å². The molecule has 0 spiro atoms. The van der Waals surface area contributed by atoms with Crippen LogP contribution in [0, 0.1) is 24.1 Å². The minimum Gasteiger partial charge on any atom is -0.369 e. The van der Waals surface area contributed by atoms with Gasteiger partial charge in [-0.05, 0) is 36.8 Å². The molecule has 0 unspecified atom stereocenters. The third-order valence-corrected chi connectivity index (χ3v) is 3.18. The number of imidazole rings is 1. The first-order valence-electron chi connectivity index (χ1n) is 6.05. The number of fused-ring (bicyclic) bond motifs is 1. The molecule has 0 amide bonds. The minimum atomic E-state index is -0.571. The number of nitrogen functional groups attached to an aromatic ring is 1. The van der Waals surface area contributed by atoms with Crippen molar-refractivity contribution in [3.8, 4) is 11.8 Å². The summed E-state index contributed by atoms with van der Waals surface area (Å²) in [6, 6.07) is 12.0. The summed E-state index contributed by atoms with van der Waals surface area (Å²) in [5, 5.41) is 9.14. The van der Waals surface area contributed by atoms with Crippen LogP contribution in [0.3, 0.4) is 0 Å². The Morgan fingerprint density at radius 1 is 1.30 bits per heavy atom. The molecule has 20 heavy (non-hydrogen) atoms. The Hall–Kier alpha value is -2.87. The second kappa shape index (κ2) is 4.35. The number of aryl methyl sites for hydroxylation is 1. The number of hydrogen-bond donors (Lipinski definition) is 1. The monoisotopic (exact) mass is 266 g/mol. The van der Waals surface area contributed by atoms with Crippen molar-refractivity contribution in [2.75, 3.05) is 5.73 Å².